The van der Waals surface area contributed by atoms with Crippen molar-refractivity contribution in [2.24, 2.45) is 11.8 Å². The topological polar surface area (TPSA) is 147 Å². The van der Waals surface area contributed by atoms with Crippen LogP contribution in [0.25, 0.3) is 10.9 Å². The van der Waals surface area contributed by atoms with Crippen LogP contribution >= 0.6 is 0 Å². The quantitative estimate of drug-likeness (QED) is 0.344. The summed E-state index contributed by atoms with van der Waals surface area (Å²) in [5, 5.41) is 7.69. The predicted molar refractivity (Wildman–Crippen MR) is 165 cm³/mol. The first kappa shape index (κ1) is 28.3. The van der Waals surface area contributed by atoms with E-state index in [-0.39, 0.29) is 12.1 Å². The van der Waals surface area contributed by atoms with Crippen molar-refractivity contribution in [2.45, 2.75) is 37.8 Å². The summed E-state index contributed by atoms with van der Waals surface area (Å²) in [5.41, 5.74) is 2.18. The van der Waals surface area contributed by atoms with E-state index in [1.54, 1.807) is 6.07 Å². The van der Waals surface area contributed by atoms with Crippen LogP contribution in [0.5, 0.6) is 5.88 Å². The molecule has 13 nitrogen and oxygen atoms in total. The molecule has 3 aliphatic heterocycles. The molecule has 0 aromatic carbocycles. The fourth-order valence-electron chi connectivity index (χ4n) is 6.69. The molecule has 0 amide bonds. The number of aromatic nitrogens is 4. The molecule has 4 fully saturated rings. The number of nitrogens with zero attached hydrogens (tertiary/aromatic N) is 6. The van der Waals surface area contributed by atoms with E-state index >= 15 is 0 Å². The van der Waals surface area contributed by atoms with E-state index < -0.39 is 10.0 Å². The van der Waals surface area contributed by atoms with Crippen molar-refractivity contribution >= 4 is 44.1 Å². The minimum atomic E-state index is -3.45. The zero-order valence-corrected chi connectivity index (χ0v) is 25.2. The van der Waals surface area contributed by atoms with Gasteiger partial charge in [-0.1, -0.05) is 0 Å². The first-order chi connectivity index (χ1) is 20.9. The predicted octanol–water partition coefficient (Wildman–Crippen LogP) is 2.09. The number of morpholine rings is 1. The van der Waals surface area contributed by atoms with Crippen LogP contribution in [0.1, 0.15) is 25.7 Å². The fraction of sp³-hybridized carbons (Fsp3) is 0.586. The van der Waals surface area contributed by atoms with Crippen molar-refractivity contribution in [3.8, 4) is 5.88 Å². The Labute approximate surface area is 251 Å². The van der Waals surface area contributed by atoms with Crippen LogP contribution in [0, 0.1) is 11.8 Å². The van der Waals surface area contributed by atoms with E-state index in [9.17, 15) is 8.42 Å². The van der Waals surface area contributed by atoms with Gasteiger partial charge in [-0.3, -0.25) is 9.71 Å². The maximum absolute atomic E-state index is 11.9. The van der Waals surface area contributed by atoms with Crippen LogP contribution in [0.4, 0.5) is 23.1 Å². The van der Waals surface area contributed by atoms with E-state index in [4.69, 9.17) is 14.5 Å². The molecule has 1 saturated carbocycles. The van der Waals surface area contributed by atoms with Crippen LogP contribution in [0.2, 0.25) is 0 Å². The van der Waals surface area contributed by atoms with Gasteiger partial charge in [0.1, 0.15) is 11.9 Å². The minimum Gasteiger partial charge on any atom is -0.474 e. The lowest BCUT2D eigenvalue weighted by molar-refractivity contribution is 0.122. The Balaban J connectivity index is 1.01. The number of sulfonamides is 1. The third-order valence-electron chi connectivity index (χ3n) is 8.95. The summed E-state index contributed by atoms with van der Waals surface area (Å²) in [6.45, 7) is 7.12. The maximum Gasteiger partial charge on any atom is 0.229 e. The summed E-state index contributed by atoms with van der Waals surface area (Å²) in [6.07, 6.45) is 10.0. The van der Waals surface area contributed by atoms with Crippen molar-refractivity contribution in [2.75, 3.05) is 78.6 Å². The molecule has 43 heavy (non-hydrogen) atoms. The molecule has 3 saturated heterocycles. The van der Waals surface area contributed by atoms with Gasteiger partial charge in [-0.05, 0) is 43.6 Å². The van der Waals surface area contributed by atoms with Gasteiger partial charge in [-0.2, -0.15) is 4.98 Å². The lowest BCUT2D eigenvalue weighted by atomic mass is 9.93. The van der Waals surface area contributed by atoms with Crippen molar-refractivity contribution in [1.82, 2.24) is 25.3 Å². The molecule has 0 radical (unpaired) electrons. The molecule has 1 aliphatic carbocycles. The number of rotatable bonds is 8. The zero-order valence-electron chi connectivity index (χ0n) is 24.4. The Bertz CT molecular complexity index is 1530. The second-order valence-corrected chi connectivity index (χ2v) is 13.9. The summed E-state index contributed by atoms with van der Waals surface area (Å²) in [5.74, 6) is 3.38. The summed E-state index contributed by atoms with van der Waals surface area (Å²) in [6, 6.07) is 3.93. The number of fused-ring (bicyclic) bond motifs is 2. The largest absolute Gasteiger partial charge is 0.474 e. The molecule has 0 spiro atoms. The van der Waals surface area contributed by atoms with Gasteiger partial charge in [0.15, 0.2) is 0 Å². The van der Waals surface area contributed by atoms with Gasteiger partial charge in [0.25, 0.3) is 0 Å². The van der Waals surface area contributed by atoms with Gasteiger partial charge in [0.2, 0.25) is 21.9 Å². The average Bonchev–Trinajstić information content (AvgIpc) is 3.62. The van der Waals surface area contributed by atoms with E-state index in [0.717, 1.165) is 94.5 Å². The van der Waals surface area contributed by atoms with Crippen LogP contribution in [0.3, 0.4) is 0 Å². The molecule has 3 aromatic rings. The highest BCUT2D eigenvalue weighted by atomic mass is 32.2. The third-order valence-corrected chi connectivity index (χ3v) is 9.55. The summed E-state index contributed by atoms with van der Waals surface area (Å²) in [4.78, 5) is 23.3. The highest BCUT2D eigenvalue weighted by Gasteiger charge is 2.36. The Morgan fingerprint density at radius 3 is 2.37 bits per heavy atom. The Hall–Kier alpha value is -3.49. The Morgan fingerprint density at radius 1 is 0.953 bits per heavy atom. The van der Waals surface area contributed by atoms with E-state index in [2.05, 4.69) is 40.1 Å². The fourth-order valence-corrected chi connectivity index (χ4v) is 7.23. The standard InChI is InChI=1S/C29H39N9O4S/c1-43(39,40)36-22-10-25-26(31-14-22)11-27(37-6-8-41-9-7-37)35-28(25)42-24-4-2-21(3-5-24)34-29-32-15-23(16-33-29)38-17-19-12-30-13-20(19)18-38/h10-11,14-16,19-21,24,30,36H,2-9,12-13,17-18H2,1H3,(H,32,33,34). The molecule has 0 bridgehead atoms. The monoisotopic (exact) mass is 609 g/mol. The van der Waals surface area contributed by atoms with E-state index in [1.165, 1.54) is 6.20 Å². The summed E-state index contributed by atoms with van der Waals surface area (Å²) >= 11 is 0. The van der Waals surface area contributed by atoms with Crippen molar-refractivity contribution in [3.05, 3.63) is 30.7 Å². The lowest BCUT2D eigenvalue weighted by Crippen LogP contribution is -2.37. The Morgan fingerprint density at radius 2 is 1.67 bits per heavy atom. The zero-order chi connectivity index (χ0) is 29.4. The molecule has 14 heteroatoms. The van der Waals surface area contributed by atoms with Crippen molar-refractivity contribution in [1.29, 1.82) is 0 Å². The second kappa shape index (κ2) is 11.9. The van der Waals surface area contributed by atoms with Crippen LogP contribution in [-0.2, 0) is 14.8 Å². The van der Waals surface area contributed by atoms with Gasteiger partial charge in [0.05, 0.1) is 60.3 Å². The molecule has 4 aliphatic rings. The van der Waals surface area contributed by atoms with Crippen molar-refractivity contribution in [3.63, 3.8) is 0 Å². The van der Waals surface area contributed by atoms with Crippen LogP contribution < -0.4 is 29.9 Å². The lowest BCUT2D eigenvalue weighted by Gasteiger charge is -2.31. The molecule has 6 heterocycles. The summed E-state index contributed by atoms with van der Waals surface area (Å²) < 4.78 is 38.3. The van der Waals surface area contributed by atoms with Crippen LogP contribution in [0.15, 0.2) is 30.7 Å². The first-order valence-electron chi connectivity index (χ1n) is 15.2. The number of hydrogen-bond donors (Lipinski definition) is 3. The second-order valence-electron chi connectivity index (χ2n) is 12.1. The smallest absolute Gasteiger partial charge is 0.229 e. The van der Waals surface area contributed by atoms with Gasteiger partial charge in [-0.25, -0.2) is 18.4 Å². The SMILES string of the molecule is CS(=O)(=O)Nc1cnc2cc(N3CCOCC3)nc(OC3CCC(Nc4ncc(N5CC6CNCC6C5)cn4)CC3)c2c1. The Kier molecular flexibility index (Phi) is 7.82. The number of ether oxygens (including phenoxy) is 2. The average molecular weight is 610 g/mol. The van der Waals surface area contributed by atoms with Gasteiger partial charge in [0, 0.05) is 51.4 Å². The molecular weight excluding hydrogens is 570 g/mol. The van der Waals surface area contributed by atoms with E-state index in [0.29, 0.717) is 41.6 Å². The first-order valence-corrected chi connectivity index (χ1v) is 17.1. The van der Waals surface area contributed by atoms with Gasteiger partial charge < -0.3 is 29.9 Å². The van der Waals surface area contributed by atoms with E-state index in [1.807, 2.05) is 18.5 Å². The molecule has 3 aromatic heterocycles. The molecule has 230 valence electrons. The minimum absolute atomic E-state index is 0.0207. The van der Waals surface area contributed by atoms with Crippen LogP contribution in [-0.4, -0.2) is 99.2 Å². The number of nitrogens with one attached hydrogen (secondary N) is 3. The number of pyridine rings is 2. The molecule has 2 atom stereocenters. The molecule has 2 unspecified atom stereocenters. The number of anilines is 4. The molecule has 3 N–H and O–H groups in total. The highest BCUT2D eigenvalue weighted by molar-refractivity contribution is 7.92. The van der Waals surface area contributed by atoms with Crippen molar-refractivity contribution < 1.29 is 17.9 Å². The number of hydrogen-bond acceptors (Lipinski definition) is 12. The normalized spacial score (nSPS) is 26.0. The third kappa shape index (κ3) is 6.55. The maximum atomic E-state index is 11.9. The highest BCUT2D eigenvalue weighted by Crippen LogP contribution is 2.33. The summed E-state index contributed by atoms with van der Waals surface area (Å²) in [7, 11) is -3.45. The molecular formula is C29H39N9O4S. The van der Waals surface area contributed by atoms with Gasteiger partial charge >= 0.3 is 0 Å². The van der Waals surface area contributed by atoms with Gasteiger partial charge in [-0.15, -0.1) is 0 Å². The molecule has 7 rings (SSSR count).